The molecule has 7 heteroatoms. The molecule has 4 rings (SSSR count). The highest BCUT2D eigenvalue weighted by Gasteiger charge is 2.36. The van der Waals surface area contributed by atoms with E-state index in [9.17, 15) is 19.7 Å². The van der Waals surface area contributed by atoms with Gasteiger partial charge in [-0.3, -0.25) is 19.7 Å². The first-order chi connectivity index (χ1) is 13.1. The maximum atomic E-state index is 12.5. The van der Waals surface area contributed by atoms with Crippen LogP contribution in [0.15, 0.2) is 72.8 Å². The van der Waals surface area contributed by atoms with Gasteiger partial charge in [0.25, 0.3) is 11.8 Å². The summed E-state index contributed by atoms with van der Waals surface area (Å²) >= 11 is 0. The SMILES string of the molecule is O=C1c2ccccc2C(=O)N1c1ccc(Oc2ccccc2[N+](=O)[O-])cc1. The molecule has 0 saturated carbocycles. The van der Waals surface area contributed by atoms with Gasteiger partial charge in [0.05, 0.1) is 21.7 Å². The van der Waals surface area contributed by atoms with Gasteiger partial charge in [-0.1, -0.05) is 24.3 Å². The van der Waals surface area contributed by atoms with Gasteiger partial charge in [-0.25, -0.2) is 4.90 Å². The average molecular weight is 360 g/mol. The zero-order valence-corrected chi connectivity index (χ0v) is 13.9. The van der Waals surface area contributed by atoms with Crippen molar-refractivity contribution < 1.29 is 19.2 Å². The van der Waals surface area contributed by atoms with E-state index in [4.69, 9.17) is 4.74 Å². The van der Waals surface area contributed by atoms with Crippen LogP contribution < -0.4 is 9.64 Å². The van der Waals surface area contributed by atoms with E-state index >= 15 is 0 Å². The third-order valence-electron chi connectivity index (χ3n) is 4.18. The van der Waals surface area contributed by atoms with E-state index in [0.29, 0.717) is 22.6 Å². The molecular formula is C20H12N2O5. The van der Waals surface area contributed by atoms with Gasteiger partial charge in [0.1, 0.15) is 5.75 Å². The summed E-state index contributed by atoms with van der Waals surface area (Å²) in [7, 11) is 0. The molecule has 0 fully saturated rings. The molecule has 0 unspecified atom stereocenters. The molecule has 3 aromatic rings. The number of imide groups is 1. The summed E-state index contributed by atoms with van der Waals surface area (Å²) < 4.78 is 5.57. The van der Waals surface area contributed by atoms with E-state index in [1.165, 1.54) is 12.1 Å². The second-order valence-electron chi connectivity index (χ2n) is 5.81. The maximum Gasteiger partial charge on any atom is 0.311 e. The number of anilines is 1. The van der Waals surface area contributed by atoms with Crippen LogP contribution in [-0.2, 0) is 0 Å². The molecule has 0 saturated heterocycles. The molecule has 0 aromatic heterocycles. The van der Waals surface area contributed by atoms with Crippen LogP contribution in [-0.4, -0.2) is 16.7 Å². The van der Waals surface area contributed by atoms with E-state index in [-0.39, 0.29) is 23.3 Å². The Bertz CT molecular complexity index is 1040. The van der Waals surface area contributed by atoms with E-state index in [1.807, 2.05) is 0 Å². The molecular weight excluding hydrogens is 348 g/mol. The third-order valence-corrected chi connectivity index (χ3v) is 4.18. The summed E-state index contributed by atoms with van der Waals surface area (Å²) in [4.78, 5) is 36.6. The number of hydrogen-bond acceptors (Lipinski definition) is 5. The molecule has 1 heterocycles. The normalized spacial score (nSPS) is 12.8. The van der Waals surface area contributed by atoms with Crippen LogP contribution in [0.1, 0.15) is 20.7 Å². The van der Waals surface area contributed by atoms with E-state index in [1.54, 1.807) is 60.7 Å². The van der Waals surface area contributed by atoms with Crippen molar-refractivity contribution in [2.45, 2.75) is 0 Å². The Balaban J connectivity index is 1.60. The van der Waals surface area contributed by atoms with Crippen LogP contribution in [0.5, 0.6) is 11.5 Å². The number of fused-ring (bicyclic) bond motifs is 1. The Kier molecular flexibility index (Phi) is 3.89. The molecule has 27 heavy (non-hydrogen) atoms. The van der Waals surface area contributed by atoms with Crippen LogP contribution in [0.3, 0.4) is 0 Å². The summed E-state index contributed by atoms with van der Waals surface area (Å²) in [5.41, 5.74) is 0.975. The molecule has 1 aliphatic rings. The molecule has 0 N–H and O–H groups in total. The topological polar surface area (TPSA) is 89.8 Å². The predicted octanol–water partition coefficient (Wildman–Crippen LogP) is 4.19. The fourth-order valence-electron chi connectivity index (χ4n) is 2.91. The highest BCUT2D eigenvalue weighted by molar-refractivity contribution is 6.34. The lowest BCUT2D eigenvalue weighted by molar-refractivity contribution is -0.385. The predicted molar refractivity (Wildman–Crippen MR) is 97.2 cm³/mol. The average Bonchev–Trinajstić information content (AvgIpc) is 2.94. The first-order valence-electron chi connectivity index (χ1n) is 8.05. The highest BCUT2D eigenvalue weighted by Crippen LogP contribution is 2.33. The summed E-state index contributed by atoms with van der Waals surface area (Å²) in [6.45, 7) is 0. The van der Waals surface area contributed by atoms with Crippen molar-refractivity contribution in [3.8, 4) is 11.5 Å². The van der Waals surface area contributed by atoms with Crippen molar-refractivity contribution in [2.75, 3.05) is 4.90 Å². The number of carbonyl (C=O) groups is 2. The second kappa shape index (κ2) is 6.38. The number of hydrogen-bond donors (Lipinski definition) is 0. The molecule has 0 atom stereocenters. The molecule has 7 nitrogen and oxygen atoms in total. The molecule has 0 radical (unpaired) electrons. The number of para-hydroxylation sites is 2. The summed E-state index contributed by atoms with van der Waals surface area (Å²) in [6, 6.07) is 18.9. The van der Waals surface area contributed by atoms with Crippen molar-refractivity contribution in [1.29, 1.82) is 0 Å². The second-order valence-corrected chi connectivity index (χ2v) is 5.81. The standard InChI is InChI=1S/C20H12N2O5/c23-19-15-5-1-2-6-16(15)20(24)21(19)13-9-11-14(12-10-13)27-18-8-4-3-7-17(18)22(25)26/h1-12H. The Morgan fingerprint density at radius 1 is 0.778 bits per heavy atom. The van der Waals surface area contributed by atoms with Crippen LogP contribution in [0.25, 0.3) is 0 Å². The smallest absolute Gasteiger partial charge is 0.311 e. The quantitative estimate of drug-likeness (QED) is 0.395. The zero-order valence-electron chi connectivity index (χ0n) is 13.9. The van der Waals surface area contributed by atoms with Gasteiger partial charge in [-0.15, -0.1) is 0 Å². The molecule has 3 aromatic carbocycles. The minimum atomic E-state index is -0.525. The fraction of sp³-hybridized carbons (Fsp3) is 0. The van der Waals surface area contributed by atoms with Crippen molar-refractivity contribution in [3.05, 3.63) is 94.0 Å². The Morgan fingerprint density at radius 3 is 1.93 bits per heavy atom. The number of ether oxygens (including phenoxy) is 1. The third kappa shape index (κ3) is 2.81. The number of nitro benzene ring substituents is 1. The highest BCUT2D eigenvalue weighted by atomic mass is 16.6. The van der Waals surface area contributed by atoms with Crippen LogP contribution >= 0.6 is 0 Å². The van der Waals surface area contributed by atoms with Crippen LogP contribution in [0, 0.1) is 10.1 Å². The van der Waals surface area contributed by atoms with Crippen LogP contribution in [0.4, 0.5) is 11.4 Å². The van der Waals surface area contributed by atoms with Gasteiger partial charge in [0.15, 0.2) is 0 Å². The minimum Gasteiger partial charge on any atom is -0.450 e. The largest absolute Gasteiger partial charge is 0.450 e. The Morgan fingerprint density at radius 2 is 1.33 bits per heavy atom. The molecule has 1 aliphatic heterocycles. The van der Waals surface area contributed by atoms with Crippen molar-refractivity contribution >= 4 is 23.2 Å². The van der Waals surface area contributed by atoms with Crippen molar-refractivity contribution in [3.63, 3.8) is 0 Å². The zero-order chi connectivity index (χ0) is 19.0. The number of benzene rings is 3. The van der Waals surface area contributed by atoms with Gasteiger partial charge < -0.3 is 4.74 Å². The van der Waals surface area contributed by atoms with E-state index in [2.05, 4.69) is 0 Å². The van der Waals surface area contributed by atoms with Gasteiger partial charge in [0, 0.05) is 6.07 Å². The number of nitro groups is 1. The molecule has 0 bridgehead atoms. The lowest BCUT2D eigenvalue weighted by Crippen LogP contribution is -2.29. The van der Waals surface area contributed by atoms with Crippen molar-refractivity contribution in [2.24, 2.45) is 0 Å². The first-order valence-corrected chi connectivity index (χ1v) is 8.05. The number of nitrogens with zero attached hydrogens (tertiary/aromatic N) is 2. The molecule has 132 valence electrons. The minimum absolute atomic E-state index is 0.107. The fourth-order valence-corrected chi connectivity index (χ4v) is 2.91. The Labute approximate surface area is 153 Å². The lowest BCUT2D eigenvalue weighted by Gasteiger charge is -2.14. The van der Waals surface area contributed by atoms with Gasteiger partial charge >= 0.3 is 5.69 Å². The number of carbonyl (C=O) groups excluding carboxylic acids is 2. The van der Waals surface area contributed by atoms with Crippen molar-refractivity contribution in [1.82, 2.24) is 0 Å². The number of amides is 2. The van der Waals surface area contributed by atoms with E-state index < -0.39 is 4.92 Å². The molecule has 0 aliphatic carbocycles. The monoisotopic (exact) mass is 360 g/mol. The molecule has 2 amide bonds. The first kappa shape index (κ1) is 16.5. The lowest BCUT2D eigenvalue weighted by atomic mass is 10.1. The number of rotatable bonds is 4. The van der Waals surface area contributed by atoms with Crippen LogP contribution in [0.2, 0.25) is 0 Å². The van der Waals surface area contributed by atoms with Gasteiger partial charge in [0.2, 0.25) is 5.75 Å². The maximum absolute atomic E-state index is 12.5. The Hall–Kier alpha value is -4.00. The van der Waals surface area contributed by atoms with Gasteiger partial charge in [-0.2, -0.15) is 0 Å². The van der Waals surface area contributed by atoms with Gasteiger partial charge in [-0.05, 0) is 42.5 Å². The van der Waals surface area contributed by atoms with E-state index in [0.717, 1.165) is 4.90 Å². The molecule has 0 spiro atoms. The summed E-state index contributed by atoms with van der Waals surface area (Å²) in [6.07, 6.45) is 0. The summed E-state index contributed by atoms with van der Waals surface area (Å²) in [5, 5.41) is 11.1. The summed E-state index contributed by atoms with van der Waals surface area (Å²) in [5.74, 6) is -0.313.